The molecule has 0 fully saturated rings. The molecule has 148 valence electrons. The molecule has 3 N–H and O–H groups in total. The number of fused-ring (bicyclic) bond motifs is 1. The van der Waals surface area contributed by atoms with Crippen molar-refractivity contribution in [2.45, 2.75) is 5.92 Å². The Bertz CT molecular complexity index is 1100. The van der Waals surface area contributed by atoms with Crippen LogP contribution in [0.2, 0.25) is 0 Å². The first-order chi connectivity index (χ1) is 14.1. The van der Waals surface area contributed by atoms with E-state index < -0.39 is 5.92 Å². The molecule has 0 spiro atoms. The summed E-state index contributed by atoms with van der Waals surface area (Å²) >= 11 is 1.56. The number of ether oxygens (including phenoxy) is 4. The summed E-state index contributed by atoms with van der Waals surface area (Å²) in [5, 5.41) is 19.1. The molecule has 1 aliphatic heterocycles. The van der Waals surface area contributed by atoms with E-state index in [-0.39, 0.29) is 11.5 Å². The summed E-state index contributed by atoms with van der Waals surface area (Å²) in [6.45, 7) is 0. The number of nitrogens with one attached hydrogen (secondary N) is 1. The van der Waals surface area contributed by atoms with Crippen LogP contribution >= 0.6 is 11.3 Å². The van der Waals surface area contributed by atoms with Crippen LogP contribution in [0.1, 0.15) is 17.0 Å². The number of rotatable bonds is 5. The highest BCUT2D eigenvalue weighted by Crippen LogP contribution is 2.49. The normalized spacial score (nSPS) is 15.3. The molecule has 8 nitrogen and oxygen atoms in total. The second-order valence-corrected chi connectivity index (χ2v) is 7.13. The summed E-state index contributed by atoms with van der Waals surface area (Å²) in [4.78, 5) is 0.970. The van der Waals surface area contributed by atoms with Gasteiger partial charge in [-0.15, -0.1) is 16.4 Å². The van der Waals surface area contributed by atoms with E-state index in [9.17, 15) is 5.26 Å². The summed E-state index contributed by atoms with van der Waals surface area (Å²) in [6, 6.07) is 9.71. The minimum atomic E-state index is -0.520. The molecule has 0 aliphatic carbocycles. The van der Waals surface area contributed by atoms with Crippen LogP contribution in [-0.2, 0) is 0 Å². The number of nitrogens with two attached hydrogens (primary N) is 1. The fraction of sp³-hybridized carbons (Fsp3) is 0.200. The lowest BCUT2D eigenvalue weighted by atomic mass is 9.83. The van der Waals surface area contributed by atoms with Gasteiger partial charge < -0.3 is 24.7 Å². The van der Waals surface area contributed by atoms with Gasteiger partial charge in [0.1, 0.15) is 11.6 Å². The maximum atomic E-state index is 9.85. The topological polar surface area (TPSA) is 115 Å². The van der Waals surface area contributed by atoms with Crippen molar-refractivity contribution in [3.05, 3.63) is 52.2 Å². The smallest absolute Gasteiger partial charge is 0.244 e. The molecule has 3 aromatic rings. The summed E-state index contributed by atoms with van der Waals surface area (Å²) in [6.07, 6.45) is 0. The fourth-order valence-corrected chi connectivity index (χ4v) is 4.19. The molecule has 1 aliphatic rings. The van der Waals surface area contributed by atoms with Gasteiger partial charge in [-0.1, -0.05) is 6.07 Å². The Hall–Kier alpha value is -3.64. The highest BCUT2D eigenvalue weighted by Gasteiger charge is 2.36. The molecule has 3 heterocycles. The van der Waals surface area contributed by atoms with E-state index in [4.69, 9.17) is 24.7 Å². The van der Waals surface area contributed by atoms with Crippen LogP contribution in [0, 0.1) is 11.3 Å². The zero-order chi connectivity index (χ0) is 20.5. The van der Waals surface area contributed by atoms with Gasteiger partial charge in [0.2, 0.25) is 17.5 Å². The average Bonchev–Trinajstić information content (AvgIpc) is 3.41. The van der Waals surface area contributed by atoms with Crippen LogP contribution in [0.5, 0.6) is 23.1 Å². The molecule has 9 heteroatoms. The van der Waals surface area contributed by atoms with E-state index in [0.29, 0.717) is 23.1 Å². The summed E-state index contributed by atoms with van der Waals surface area (Å²) in [5.41, 5.74) is 8.58. The van der Waals surface area contributed by atoms with Crippen molar-refractivity contribution in [1.29, 1.82) is 5.26 Å². The molecule has 0 unspecified atom stereocenters. The third kappa shape index (κ3) is 2.94. The van der Waals surface area contributed by atoms with Crippen molar-refractivity contribution in [3.63, 3.8) is 0 Å². The molecule has 0 bridgehead atoms. The third-order valence-corrected chi connectivity index (χ3v) is 5.61. The van der Waals surface area contributed by atoms with Crippen LogP contribution in [0.3, 0.4) is 0 Å². The quantitative estimate of drug-likeness (QED) is 0.662. The number of thiophene rings is 1. The average molecular weight is 410 g/mol. The van der Waals surface area contributed by atoms with Crippen LogP contribution < -0.4 is 24.7 Å². The Morgan fingerprint density at radius 2 is 1.93 bits per heavy atom. The van der Waals surface area contributed by atoms with Gasteiger partial charge in [0.15, 0.2) is 11.5 Å². The van der Waals surface area contributed by atoms with Crippen molar-refractivity contribution in [3.8, 4) is 39.8 Å². The standard InChI is InChI=1S/C20H18N4O4S/c1-25-12-7-10(8-13(26-2)18(12)27-3)15-11(9-21)19(22)28-20-16(15)17(23-24-20)14-5-4-6-29-14/h4-8,15H,22H2,1-3H3,(H,23,24)/t15-/m0/s1. The summed E-state index contributed by atoms with van der Waals surface area (Å²) in [5.74, 6) is 1.26. The van der Waals surface area contributed by atoms with Gasteiger partial charge in [0.25, 0.3) is 0 Å². The number of benzene rings is 1. The van der Waals surface area contributed by atoms with E-state index >= 15 is 0 Å². The van der Waals surface area contributed by atoms with Gasteiger partial charge in [-0.2, -0.15) is 5.26 Å². The zero-order valence-electron chi connectivity index (χ0n) is 16.0. The van der Waals surface area contributed by atoms with Crippen molar-refractivity contribution >= 4 is 11.3 Å². The third-order valence-electron chi connectivity index (χ3n) is 4.73. The molecule has 0 saturated heterocycles. The van der Waals surface area contributed by atoms with E-state index in [2.05, 4.69) is 16.3 Å². The lowest BCUT2D eigenvalue weighted by Crippen LogP contribution is -2.21. The Morgan fingerprint density at radius 1 is 1.21 bits per heavy atom. The number of nitriles is 1. The zero-order valence-corrected chi connectivity index (χ0v) is 16.8. The number of hydrogen-bond donors (Lipinski definition) is 2. The van der Waals surface area contributed by atoms with Crippen molar-refractivity contribution in [2.24, 2.45) is 5.73 Å². The van der Waals surface area contributed by atoms with Gasteiger partial charge in [0.05, 0.1) is 43.4 Å². The number of hydrogen-bond acceptors (Lipinski definition) is 8. The Kier molecular flexibility index (Phi) is 4.78. The molecular formula is C20H18N4O4S. The minimum absolute atomic E-state index is 0.0166. The lowest BCUT2D eigenvalue weighted by molar-refractivity contribution is 0.323. The molecular weight excluding hydrogens is 392 g/mol. The van der Waals surface area contributed by atoms with Gasteiger partial charge in [-0.3, -0.25) is 5.10 Å². The maximum Gasteiger partial charge on any atom is 0.244 e. The Labute approximate surface area is 171 Å². The Balaban J connectivity index is 1.98. The first-order valence-electron chi connectivity index (χ1n) is 8.62. The first-order valence-corrected chi connectivity index (χ1v) is 9.50. The van der Waals surface area contributed by atoms with Gasteiger partial charge in [-0.05, 0) is 29.1 Å². The molecule has 0 amide bonds. The lowest BCUT2D eigenvalue weighted by Gasteiger charge is -2.25. The second-order valence-electron chi connectivity index (χ2n) is 6.18. The molecule has 4 rings (SSSR count). The number of allylic oxidation sites excluding steroid dienone is 1. The first kappa shape index (κ1) is 18.7. The van der Waals surface area contributed by atoms with E-state index in [1.807, 2.05) is 17.5 Å². The number of aromatic amines is 1. The van der Waals surface area contributed by atoms with Gasteiger partial charge >= 0.3 is 0 Å². The highest BCUT2D eigenvalue weighted by atomic mass is 32.1. The minimum Gasteiger partial charge on any atom is -0.493 e. The number of aromatic nitrogens is 2. The molecule has 29 heavy (non-hydrogen) atoms. The molecule has 1 aromatic carbocycles. The number of nitrogens with zero attached hydrogens (tertiary/aromatic N) is 2. The second kappa shape index (κ2) is 7.41. The maximum absolute atomic E-state index is 9.85. The summed E-state index contributed by atoms with van der Waals surface area (Å²) in [7, 11) is 4.62. The molecule has 0 radical (unpaired) electrons. The monoisotopic (exact) mass is 410 g/mol. The van der Waals surface area contributed by atoms with Crippen molar-refractivity contribution in [1.82, 2.24) is 10.2 Å². The van der Waals surface area contributed by atoms with E-state index in [1.165, 1.54) is 7.11 Å². The van der Waals surface area contributed by atoms with E-state index in [1.54, 1.807) is 37.7 Å². The van der Waals surface area contributed by atoms with Crippen molar-refractivity contribution < 1.29 is 18.9 Å². The van der Waals surface area contributed by atoms with Gasteiger partial charge in [0, 0.05) is 0 Å². The molecule has 1 atom stereocenters. The number of H-pyrrole nitrogens is 1. The van der Waals surface area contributed by atoms with Gasteiger partial charge in [-0.25, -0.2) is 0 Å². The number of methoxy groups -OCH3 is 3. The Morgan fingerprint density at radius 3 is 2.48 bits per heavy atom. The van der Waals surface area contributed by atoms with Crippen LogP contribution in [0.4, 0.5) is 0 Å². The van der Waals surface area contributed by atoms with Crippen LogP contribution in [0.25, 0.3) is 10.6 Å². The largest absolute Gasteiger partial charge is 0.493 e. The van der Waals surface area contributed by atoms with Crippen LogP contribution in [-0.4, -0.2) is 31.5 Å². The van der Waals surface area contributed by atoms with Crippen molar-refractivity contribution in [2.75, 3.05) is 21.3 Å². The highest BCUT2D eigenvalue weighted by molar-refractivity contribution is 7.13. The predicted octanol–water partition coefficient (Wildman–Crippen LogP) is 3.38. The van der Waals surface area contributed by atoms with E-state index in [0.717, 1.165) is 21.7 Å². The fourth-order valence-electron chi connectivity index (χ4n) is 3.46. The molecule has 2 aromatic heterocycles. The molecule has 0 saturated carbocycles. The summed E-state index contributed by atoms with van der Waals surface area (Å²) < 4.78 is 22.0. The SMILES string of the molecule is COc1cc([C@H]2C(C#N)=C(N)Oc3n[nH]c(-c4cccs4)c32)cc(OC)c1OC. The predicted molar refractivity (Wildman–Crippen MR) is 107 cm³/mol. The van der Waals surface area contributed by atoms with Crippen LogP contribution in [0.15, 0.2) is 41.1 Å².